The summed E-state index contributed by atoms with van der Waals surface area (Å²) in [5.74, 6) is 0. The average molecular weight is 457 g/mol. The van der Waals surface area contributed by atoms with E-state index in [1.807, 2.05) is 30.3 Å². The van der Waals surface area contributed by atoms with Crippen LogP contribution in [0.25, 0.3) is 0 Å². The summed E-state index contributed by atoms with van der Waals surface area (Å²) in [6, 6.07) is 18.4. The Balaban J connectivity index is 1.18. The number of carbonyl (C=O) groups is 1. The second-order valence-electron chi connectivity index (χ2n) is 7.46. The Bertz CT molecular complexity index is 973. The second kappa shape index (κ2) is 10.5. The van der Waals surface area contributed by atoms with Gasteiger partial charge in [0.05, 0.1) is 6.54 Å². The largest absolute Gasteiger partial charge is 0.445 e. The van der Waals surface area contributed by atoms with Crippen LogP contribution < -0.4 is 10.6 Å². The average Bonchev–Trinajstić information content (AvgIpc) is 3.23. The first-order valence-corrected chi connectivity index (χ1v) is 11.5. The van der Waals surface area contributed by atoms with E-state index in [2.05, 4.69) is 39.9 Å². The van der Waals surface area contributed by atoms with Crippen LogP contribution in [0.1, 0.15) is 23.3 Å². The Morgan fingerprint density at radius 3 is 2.48 bits per heavy atom. The molecule has 0 bridgehead atoms. The molecular weight excluding hydrogens is 432 g/mol. The first kappa shape index (κ1) is 21.5. The van der Waals surface area contributed by atoms with Crippen LogP contribution in [0, 0.1) is 0 Å². The fraction of sp³-hybridized carbons (Fsp3) is 0.304. The van der Waals surface area contributed by atoms with Crippen LogP contribution in [0.2, 0.25) is 4.47 Å². The number of rotatable bonds is 7. The fourth-order valence-electron chi connectivity index (χ4n) is 3.49. The minimum atomic E-state index is -0.236. The molecule has 6 nitrogen and oxygen atoms in total. The maximum atomic E-state index is 12.3. The molecule has 1 amide bonds. The summed E-state index contributed by atoms with van der Waals surface area (Å²) in [6.45, 7) is 2.41. The Morgan fingerprint density at radius 1 is 1.10 bits per heavy atom. The third-order valence-electron chi connectivity index (χ3n) is 5.21. The minimum absolute atomic E-state index is 0.236. The van der Waals surface area contributed by atoms with Crippen LogP contribution in [0.3, 0.4) is 0 Å². The van der Waals surface area contributed by atoms with Gasteiger partial charge in [-0.1, -0.05) is 41.9 Å². The van der Waals surface area contributed by atoms with Gasteiger partial charge in [-0.2, -0.15) is 0 Å². The van der Waals surface area contributed by atoms with Gasteiger partial charge < -0.3 is 20.3 Å². The lowest BCUT2D eigenvalue weighted by molar-refractivity contribution is 0.0882. The van der Waals surface area contributed by atoms with Crippen molar-refractivity contribution in [1.82, 2.24) is 9.88 Å². The van der Waals surface area contributed by atoms with Crippen LogP contribution in [0.4, 0.5) is 16.2 Å². The van der Waals surface area contributed by atoms with Crippen molar-refractivity contribution in [3.05, 3.63) is 75.7 Å². The summed E-state index contributed by atoms with van der Waals surface area (Å²) in [7, 11) is 0. The highest BCUT2D eigenvalue weighted by molar-refractivity contribution is 7.15. The van der Waals surface area contributed by atoms with Crippen molar-refractivity contribution in [3.63, 3.8) is 0 Å². The van der Waals surface area contributed by atoms with Crippen LogP contribution in [0.15, 0.2) is 60.8 Å². The van der Waals surface area contributed by atoms with Gasteiger partial charge in [-0.3, -0.25) is 0 Å². The van der Waals surface area contributed by atoms with Gasteiger partial charge in [-0.15, -0.1) is 11.3 Å². The lowest BCUT2D eigenvalue weighted by atomic mass is 10.0. The summed E-state index contributed by atoms with van der Waals surface area (Å²) in [5.41, 5.74) is 3.13. The predicted octanol–water partition coefficient (Wildman–Crippen LogP) is 5.62. The highest BCUT2D eigenvalue weighted by Crippen LogP contribution is 2.22. The number of hydrogen-bond donors (Lipinski definition) is 2. The Kier molecular flexibility index (Phi) is 7.27. The third kappa shape index (κ3) is 6.35. The third-order valence-corrected chi connectivity index (χ3v) is 6.32. The number of nitrogens with one attached hydrogen (secondary N) is 2. The molecule has 0 spiro atoms. The summed E-state index contributed by atoms with van der Waals surface area (Å²) < 4.78 is 6.00. The zero-order valence-electron chi connectivity index (χ0n) is 17.1. The van der Waals surface area contributed by atoms with E-state index in [9.17, 15) is 4.79 Å². The number of amides is 1. The Morgan fingerprint density at radius 2 is 1.81 bits per heavy atom. The number of benzene rings is 2. The fourth-order valence-corrected chi connectivity index (χ4v) is 4.41. The lowest BCUT2D eigenvalue weighted by Crippen LogP contribution is -2.42. The normalized spacial score (nSPS) is 14.3. The standard InChI is InChI=1S/C23H25ClN4O2S/c24-22-26-15-21(31-22)14-25-18-6-8-19(9-7-18)27-20-10-12-28(13-11-20)23(29)30-16-17-4-2-1-3-5-17/h1-9,15,20,25,27H,10-14,16H2. The topological polar surface area (TPSA) is 66.5 Å². The summed E-state index contributed by atoms with van der Waals surface area (Å²) in [4.78, 5) is 19.2. The molecule has 0 unspecified atom stereocenters. The molecule has 2 N–H and O–H groups in total. The predicted molar refractivity (Wildman–Crippen MR) is 126 cm³/mol. The number of carbonyl (C=O) groups excluding carboxylic acids is 1. The van der Waals surface area contributed by atoms with E-state index in [-0.39, 0.29) is 6.09 Å². The van der Waals surface area contributed by atoms with Gasteiger partial charge in [0.25, 0.3) is 0 Å². The molecule has 2 heterocycles. The molecule has 1 aliphatic rings. The van der Waals surface area contributed by atoms with Crippen molar-refractivity contribution in [2.75, 3.05) is 23.7 Å². The van der Waals surface area contributed by atoms with E-state index < -0.39 is 0 Å². The number of anilines is 2. The zero-order chi connectivity index (χ0) is 21.5. The van der Waals surface area contributed by atoms with Gasteiger partial charge in [-0.05, 0) is 42.7 Å². The molecule has 2 aromatic carbocycles. The first-order chi connectivity index (χ1) is 15.2. The quantitative estimate of drug-likeness (QED) is 0.482. The van der Waals surface area contributed by atoms with Crippen molar-refractivity contribution in [2.24, 2.45) is 0 Å². The smallest absolute Gasteiger partial charge is 0.410 e. The Hall–Kier alpha value is -2.77. The number of ether oxygens (including phenoxy) is 1. The number of hydrogen-bond acceptors (Lipinski definition) is 6. The van der Waals surface area contributed by atoms with Gasteiger partial charge in [-0.25, -0.2) is 9.78 Å². The van der Waals surface area contributed by atoms with Crippen molar-refractivity contribution < 1.29 is 9.53 Å². The van der Waals surface area contributed by atoms with E-state index >= 15 is 0 Å². The minimum Gasteiger partial charge on any atom is -0.445 e. The van der Waals surface area contributed by atoms with Crippen LogP contribution in [-0.4, -0.2) is 35.1 Å². The first-order valence-electron chi connectivity index (χ1n) is 10.3. The number of likely N-dealkylation sites (tertiary alicyclic amines) is 1. The van der Waals surface area contributed by atoms with Crippen LogP contribution in [-0.2, 0) is 17.9 Å². The molecule has 1 fully saturated rings. The molecule has 8 heteroatoms. The maximum Gasteiger partial charge on any atom is 0.410 e. The molecule has 3 aromatic rings. The molecule has 0 atom stereocenters. The molecule has 1 aliphatic heterocycles. The van der Waals surface area contributed by atoms with E-state index in [0.29, 0.717) is 36.7 Å². The number of aromatic nitrogens is 1. The molecule has 4 rings (SSSR count). The van der Waals surface area contributed by atoms with Crippen LogP contribution >= 0.6 is 22.9 Å². The molecule has 0 radical (unpaired) electrons. The molecule has 162 valence electrons. The summed E-state index contributed by atoms with van der Waals surface area (Å²) >= 11 is 7.35. The van der Waals surface area contributed by atoms with Gasteiger partial charge in [0.2, 0.25) is 0 Å². The highest BCUT2D eigenvalue weighted by Gasteiger charge is 2.23. The van der Waals surface area contributed by atoms with E-state index in [4.69, 9.17) is 16.3 Å². The molecule has 1 saturated heterocycles. The SMILES string of the molecule is O=C(OCc1ccccc1)N1CCC(Nc2ccc(NCc3cnc(Cl)s3)cc2)CC1. The summed E-state index contributed by atoms with van der Waals surface area (Å²) in [6.07, 6.45) is 3.35. The van der Waals surface area contributed by atoms with Gasteiger partial charge in [0, 0.05) is 41.6 Å². The van der Waals surface area contributed by atoms with Gasteiger partial charge in [0.15, 0.2) is 4.47 Å². The summed E-state index contributed by atoms with van der Waals surface area (Å²) in [5, 5.41) is 6.94. The molecule has 0 aliphatic carbocycles. The van der Waals surface area contributed by atoms with Crippen molar-refractivity contribution in [1.29, 1.82) is 0 Å². The van der Waals surface area contributed by atoms with Gasteiger partial charge >= 0.3 is 6.09 Å². The highest BCUT2D eigenvalue weighted by atomic mass is 35.5. The van der Waals surface area contributed by atoms with E-state index in [1.165, 1.54) is 11.3 Å². The van der Waals surface area contributed by atoms with Crippen molar-refractivity contribution >= 4 is 40.4 Å². The van der Waals surface area contributed by atoms with Gasteiger partial charge in [0.1, 0.15) is 6.61 Å². The van der Waals surface area contributed by atoms with Crippen molar-refractivity contribution in [2.45, 2.75) is 32.0 Å². The maximum absolute atomic E-state index is 12.3. The van der Waals surface area contributed by atoms with Crippen molar-refractivity contribution in [3.8, 4) is 0 Å². The lowest BCUT2D eigenvalue weighted by Gasteiger charge is -2.32. The second-order valence-corrected chi connectivity index (χ2v) is 9.15. The van der Waals surface area contributed by atoms with Crippen LogP contribution in [0.5, 0.6) is 0 Å². The molecular formula is C23H25ClN4O2S. The number of thiazole rings is 1. The number of nitrogens with zero attached hydrogens (tertiary/aromatic N) is 2. The van der Waals surface area contributed by atoms with E-state index in [0.717, 1.165) is 34.7 Å². The number of piperidine rings is 1. The molecule has 1 aromatic heterocycles. The zero-order valence-corrected chi connectivity index (χ0v) is 18.7. The monoisotopic (exact) mass is 456 g/mol. The van der Waals surface area contributed by atoms with E-state index in [1.54, 1.807) is 11.1 Å². The molecule has 31 heavy (non-hydrogen) atoms. The molecule has 0 saturated carbocycles. The number of halogens is 1. The Labute approximate surface area is 191 Å².